The molecule has 0 spiro atoms. The summed E-state index contributed by atoms with van der Waals surface area (Å²) in [5.74, 6) is 0. The monoisotopic (exact) mass is 366 g/mol. The molecule has 2 rings (SSSR count). The second-order valence-electron chi connectivity index (χ2n) is 4.82. The summed E-state index contributed by atoms with van der Waals surface area (Å²) in [5, 5.41) is 0.241. The van der Waals surface area contributed by atoms with Crippen molar-refractivity contribution in [3.63, 3.8) is 0 Å². The van der Waals surface area contributed by atoms with Gasteiger partial charge >= 0.3 is 0 Å². The number of hydrogen-bond donors (Lipinski definition) is 1. The standard InChI is InChI=1S/C12H16BrClN2O2S/c1-8-6-10(15)4-5-16(8)19(17,18)12-7-9(13)2-3-11(12)14/h2-3,7-8,10H,4-6,15H2,1H3/t8-,10+/m0/s1. The van der Waals surface area contributed by atoms with E-state index in [4.69, 9.17) is 17.3 Å². The predicted molar refractivity (Wildman–Crippen MR) is 79.7 cm³/mol. The minimum absolute atomic E-state index is 0.0689. The molecule has 0 amide bonds. The van der Waals surface area contributed by atoms with E-state index in [0.717, 1.165) is 0 Å². The fourth-order valence-electron chi connectivity index (χ4n) is 2.35. The van der Waals surface area contributed by atoms with E-state index in [0.29, 0.717) is 23.9 Å². The lowest BCUT2D eigenvalue weighted by molar-refractivity contribution is 0.247. The van der Waals surface area contributed by atoms with Crippen LogP contribution in [0.15, 0.2) is 27.6 Å². The highest BCUT2D eigenvalue weighted by Gasteiger charge is 2.34. The predicted octanol–water partition coefficient (Wildman–Crippen LogP) is 2.60. The van der Waals surface area contributed by atoms with Crippen LogP contribution in [0.1, 0.15) is 19.8 Å². The van der Waals surface area contributed by atoms with E-state index in [1.807, 2.05) is 6.92 Å². The van der Waals surface area contributed by atoms with Crippen molar-refractivity contribution in [2.24, 2.45) is 5.73 Å². The molecule has 1 heterocycles. The van der Waals surface area contributed by atoms with Crippen LogP contribution in [-0.2, 0) is 10.0 Å². The molecular weight excluding hydrogens is 352 g/mol. The number of benzene rings is 1. The van der Waals surface area contributed by atoms with Gasteiger partial charge < -0.3 is 5.73 Å². The van der Waals surface area contributed by atoms with Crippen molar-refractivity contribution >= 4 is 37.6 Å². The summed E-state index contributed by atoms with van der Waals surface area (Å²) in [6.07, 6.45) is 1.35. The van der Waals surface area contributed by atoms with Gasteiger partial charge in [-0.2, -0.15) is 4.31 Å². The van der Waals surface area contributed by atoms with E-state index in [1.165, 1.54) is 4.31 Å². The van der Waals surface area contributed by atoms with Crippen LogP contribution < -0.4 is 5.73 Å². The van der Waals surface area contributed by atoms with Crippen molar-refractivity contribution in [1.29, 1.82) is 0 Å². The van der Waals surface area contributed by atoms with Gasteiger partial charge in [0.05, 0.1) is 5.02 Å². The zero-order valence-corrected chi connectivity index (χ0v) is 13.7. The van der Waals surface area contributed by atoms with Crippen LogP contribution in [0.3, 0.4) is 0 Å². The highest BCUT2D eigenvalue weighted by Crippen LogP contribution is 2.31. The van der Waals surface area contributed by atoms with Gasteiger partial charge in [0.25, 0.3) is 0 Å². The number of halogens is 2. The molecule has 0 aliphatic carbocycles. The van der Waals surface area contributed by atoms with Crippen molar-refractivity contribution in [2.45, 2.75) is 36.7 Å². The third-order valence-electron chi connectivity index (χ3n) is 3.34. The summed E-state index contributed by atoms with van der Waals surface area (Å²) in [4.78, 5) is 0.144. The van der Waals surface area contributed by atoms with Gasteiger partial charge in [-0.25, -0.2) is 8.42 Å². The summed E-state index contributed by atoms with van der Waals surface area (Å²) in [5.41, 5.74) is 5.87. The molecule has 1 aromatic carbocycles. The van der Waals surface area contributed by atoms with Crippen molar-refractivity contribution < 1.29 is 8.42 Å². The molecule has 0 bridgehead atoms. The van der Waals surface area contributed by atoms with Crippen LogP contribution in [0.4, 0.5) is 0 Å². The molecule has 1 fully saturated rings. The summed E-state index contributed by atoms with van der Waals surface area (Å²) in [7, 11) is -3.57. The molecular formula is C12H16BrClN2O2S. The molecule has 1 aromatic rings. The number of hydrogen-bond acceptors (Lipinski definition) is 3. The van der Waals surface area contributed by atoms with Gasteiger partial charge in [-0.15, -0.1) is 0 Å². The summed E-state index contributed by atoms with van der Waals surface area (Å²) >= 11 is 9.30. The molecule has 0 unspecified atom stereocenters. The average molecular weight is 368 g/mol. The van der Waals surface area contributed by atoms with Gasteiger partial charge in [0.2, 0.25) is 10.0 Å². The van der Waals surface area contributed by atoms with Crippen molar-refractivity contribution in [1.82, 2.24) is 4.31 Å². The molecule has 0 aromatic heterocycles. The summed E-state index contributed by atoms with van der Waals surface area (Å²) in [6.45, 7) is 2.32. The maximum atomic E-state index is 12.7. The third-order valence-corrected chi connectivity index (χ3v) is 6.32. The molecule has 2 N–H and O–H groups in total. The molecule has 2 atom stereocenters. The zero-order valence-electron chi connectivity index (χ0n) is 10.5. The van der Waals surface area contributed by atoms with E-state index in [-0.39, 0.29) is 22.0 Å². The topological polar surface area (TPSA) is 63.4 Å². The number of sulfonamides is 1. The number of nitrogens with zero attached hydrogens (tertiary/aromatic N) is 1. The first-order valence-electron chi connectivity index (χ1n) is 6.05. The lowest BCUT2D eigenvalue weighted by Crippen LogP contribution is -2.48. The van der Waals surface area contributed by atoms with Crippen LogP contribution in [-0.4, -0.2) is 31.4 Å². The Morgan fingerprint density at radius 3 is 2.79 bits per heavy atom. The van der Waals surface area contributed by atoms with E-state index in [9.17, 15) is 8.42 Å². The fourth-order valence-corrected chi connectivity index (χ4v) is 5.02. The largest absolute Gasteiger partial charge is 0.328 e. The highest BCUT2D eigenvalue weighted by molar-refractivity contribution is 9.10. The second kappa shape index (κ2) is 5.69. The average Bonchev–Trinajstić information content (AvgIpc) is 2.31. The molecule has 1 aliphatic heterocycles. The first-order chi connectivity index (χ1) is 8.82. The Bertz CT molecular complexity index is 579. The molecule has 4 nitrogen and oxygen atoms in total. The first-order valence-corrected chi connectivity index (χ1v) is 8.66. The minimum Gasteiger partial charge on any atom is -0.328 e. The Labute approximate surface area is 127 Å². The first kappa shape index (κ1) is 15.3. The minimum atomic E-state index is -3.57. The molecule has 0 saturated carbocycles. The van der Waals surface area contributed by atoms with Gasteiger partial charge in [0.1, 0.15) is 4.90 Å². The Morgan fingerprint density at radius 2 is 2.16 bits per heavy atom. The SMILES string of the molecule is C[C@H]1C[C@H](N)CCN1S(=O)(=O)c1cc(Br)ccc1Cl. The Kier molecular flexibility index (Phi) is 4.57. The Hall–Kier alpha value is -0.140. The van der Waals surface area contributed by atoms with Crippen LogP contribution in [0, 0.1) is 0 Å². The summed E-state index contributed by atoms with van der Waals surface area (Å²) < 4.78 is 27.5. The second-order valence-corrected chi connectivity index (χ2v) is 8.01. The van der Waals surface area contributed by atoms with Crippen LogP contribution >= 0.6 is 27.5 Å². The maximum Gasteiger partial charge on any atom is 0.244 e. The quantitative estimate of drug-likeness (QED) is 0.874. The molecule has 7 heteroatoms. The van der Waals surface area contributed by atoms with Crippen LogP contribution in [0.2, 0.25) is 5.02 Å². The molecule has 0 radical (unpaired) electrons. The van der Waals surface area contributed by atoms with Gasteiger partial charge in [0, 0.05) is 23.1 Å². The fraction of sp³-hybridized carbons (Fsp3) is 0.500. The highest BCUT2D eigenvalue weighted by atomic mass is 79.9. The normalized spacial score (nSPS) is 25.5. The van der Waals surface area contributed by atoms with Gasteiger partial charge in [-0.3, -0.25) is 0 Å². The Balaban J connectivity index is 2.39. The molecule has 106 valence electrons. The van der Waals surface area contributed by atoms with Crippen molar-refractivity contribution in [3.05, 3.63) is 27.7 Å². The van der Waals surface area contributed by atoms with Gasteiger partial charge in [-0.05, 0) is 38.0 Å². The van der Waals surface area contributed by atoms with E-state index >= 15 is 0 Å². The summed E-state index contributed by atoms with van der Waals surface area (Å²) in [6, 6.07) is 4.80. The van der Waals surface area contributed by atoms with Crippen LogP contribution in [0.5, 0.6) is 0 Å². The lowest BCUT2D eigenvalue weighted by Gasteiger charge is -2.35. The molecule has 1 aliphatic rings. The maximum absolute atomic E-state index is 12.7. The zero-order chi connectivity index (χ0) is 14.2. The van der Waals surface area contributed by atoms with E-state index in [2.05, 4.69) is 15.9 Å². The van der Waals surface area contributed by atoms with Crippen molar-refractivity contribution in [3.8, 4) is 0 Å². The van der Waals surface area contributed by atoms with Gasteiger partial charge in [0.15, 0.2) is 0 Å². The third kappa shape index (κ3) is 3.13. The molecule has 19 heavy (non-hydrogen) atoms. The Morgan fingerprint density at radius 1 is 1.47 bits per heavy atom. The smallest absolute Gasteiger partial charge is 0.244 e. The lowest BCUT2D eigenvalue weighted by atomic mass is 10.0. The number of nitrogens with two attached hydrogens (primary N) is 1. The van der Waals surface area contributed by atoms with Crippen molar-refractivity contribution in [2.75, 3.05) is 6.54 Å². The van der Waals surface area contributed by atoms with Gasteiger partial charge in [-0.1, -0.05) is 27.5 Å². The van der Waals surface area contributed by atoms with E-state index < -0.39 is 10.0 Å². The molecule has 1 saturated heterocycles. The number of piperidine rings is 1. The number of rotatable bonds is 2. The van der Waals surface area contributed by atoms with E-state index in [1.54, 1.807) is 18.2 Å². The van der Waals surface area contributed by atoms with Crippen LogP contribution in [0.25, 0.3) is 0 Å².